The van der Waals surface area contributed by atoms with Gasteiger partial charge in [-0.1, -0.05) is 13.8 Å². The monoisotopic (exact) mass is 417 g/mol. The van der Waals surface area contributed by atoms with Gasteiger partial charge < -0.3 is 9.73 Å². The number of halogens is 1. The van der Waals surface area contributed by atoms with Gasteiger partial charge in [0.2, 0.25) is 15.9 Å². The van der Waals surface area contributed by atoms with Crippen molar-refractivity contribution in [1.29, 1.82) is 0 Å². The van der Waals surface area contributed by atoms with Gasteiger partial charge in [-0.05, 0) is 42.5 Å². The Hall–Kier alpha value is -3.20. The van der Waals surface area contributed by atoms with Crippen LogP contribution in [0.15, 0.2) is 53.1 Å². The van der Waals surface area contributed by atoms with Gasteiger partial charge in [0.05, 0.1) is 18.1 Å². The Bertz CT molecular complexity index is 1140. The highest BCUT2D eigenvalue weighted by Crippen LogP contribution is 2.25. The van der Waals surface area contributed by atoms with E-state index in [0.29, 0.717) is 11.6 Å². The van der Waals surface area contributed by atoms with E-state index >= 15 is 0 Å². The molecule has 0 unspecified atom stereocenters. The molecule has 0 saturated carbocycles. The van der Waals surface area contributed by atoms with Gasteiger partial charge in [-0.3, -0.25) is 9.52 Å². The van der Waals surface area contributed by atoms with Crippen molar-refractivity contribution in [2.75, 3.05) is 16.3 Å². The van der Waals surface area contributed by atoms with Crippen molar-refractivity contribution in [2.45, 2.75) is 19.8 Å². The zero-order valence-electron chi connectivity index (χ0n) is 16.1. The Morgan fingerprint density at radius 1 is 1.14 bits per heavy atom. The van der Waals surface area contributed by atoms with Crippen molar-refractivity contribution in [3.8, 4) is 11.5 Å². The summed E-state index contributed by atoms with van der Waals surface area (Å²) in [5.41, 5.74) is 1.09. The van der Waals surface area contributed by atoms with Crippen LogP contribution in [0.25, 0.3) is 11.5 Å². The molecule has 0 aliphatic carbocycles. The number of anilines is 2. The molecule has 0 bridgehead atoms. The number of aromatic nitrogens is 1. The van der Waals surface area contributed by atoms with Crippen molar-refractivity contribution in [3.63, 3.8) is 0 Å². The number of benzene rings is 2. The lowest BCUT2D eigenvalue weighted by Crippen LogP contribution is -2.15. The first-order chi connectivity index (χ1) is 13.6. The minimum absolute atomic E-state index is 0.107. The first-order valence-corrected chi connectivity index (χ1v) is 10.7. The predicted molar refractivity (Wildman–Crippen MR) is 109 cm³/mol. The van der Waals surface area contributed by atoms with E-state index < -0.39 is 21.7 Å². The normalized spacial score (nSPS) is 11.5. The van der Waals surface area contributed by atoms with Crippen LogP contribution in [-0.4, -0.2) is 25.6 Å². The van der Waals surface area contributed by atoms with Crippen molar-refractivity contribution in [3.05, 3.63) is 65.8 Å². The minimum atomic E-state index is -3.67. The number of carbonyl (C=O) groups excluding carboxylic acids is 1. The Kier molecular flexibility index (Phi) is 5.69. The Labute approximate surface area is 168 Å². The summed E-state index contributed by atoms with van der Waals surface area (Å²) < 4.78 is 44.2. The molecule has 1 amide bonds. The van der Waals surface area contributed by atoms with Gasteiger partial charge in [0, 0.05) is 22.7 Å². The lowest BCUT2D eigenvalue weighted by Gasteiger charge is -2.09. The van der Waals surface area contributed by atoms with Crippen LogP contribution in [0.3, 0.4) is 0 Å². The van der Waals surface area contributed by atoms with Crippen LogP contribution >= 0.6 is 0 Å². The van der Waals surface area contributed by atoms with E-state index in [1.807, 2.05) is 18.6 Å². The van der Waals surface area contributed by atoms with Gasteiger partial charge in [0.15, 0.2) is 0 Å². The zero-order chi connectivity index (χ0) is 21.2. The molecular weight excluding hydrogens is 397 g/mol. The average Bonchev–Trinajstić information content (AvgIpc) is 3.13. The van der Waals surface area contributed by atoms with Crippen LogP contribution in [-0.2, 0) is 10.0 Å². The van der Waals surface area contributed by atoms with Crippen LogP contribution in [0.4, 0.5) is 15.8 Å². The third-order valence-electron chi connectivity index (χ3n) is 4.01. The Morgan fingerprint density at radius 2 is 1.83 bits per heavy atom. The fourth-order valence-corrected chi connectivity index (χ4v) is 3.09. The summed E-state index contributed by atoms with van der Waals surface area (Å²) in [5, 5.41) is 2.68. The van der Waals surface area contributed by atoms with Gasteiger partial charge in [-0.2, -0.15) is 0 Å². The lowest BCUT2D eigenvalue weighted by atomic mass is 10.1. The maximum atomic E-state index is 13.8. The molecule has 3 rings (SSSR count). The van der Waals surface area contributed by atoms with Crippen LogP contribution in [0.1, 0.15) is 35.9 Å². The van der Waals surface area contributed by atoms with E-state index in [9.17, 15) is 17.6 Å². The summed E-state index contributed by atoms with van der Waals surface area (Å²) in [7, 11) is -3.67. The van der Waals surface area contributed by atoms with E-state index in [0.717, 1.165) is 29.7 Å². The molecule has 0 fully saturated rings. The molecule has 0 spiro atoms. The maximum absolute atomic E-state index is 13.8. The second-order valence-corrected chi connectivity index (χ2v) is 8.57. The highest BCUT2D eigenvalue weighted by Gasteiger charge is 2.14. The fraction of sp³-hybridized carbons (Fsp3) is 0.200. The summed E-state index contributed by atoms with van der Waals surface area (Å²) in [6.45, 7) is 4.02. The number of carbonyl (C=O) groups is 1. The summed E-state index contributed by atoms with van der Waals surface area (Å²) in [5.74, 6) is 0.219. The number of amides is 1. The number of hydrogen-bond donors (Lipinski definition) is 2. The predicted octanol–water partition coefficient (Wildman–Crippen LogP) is 4.23. The van der Waals surface area contributed by atoms with Gasteiger partial charge in [0.25, 0.3) is 5.91 Å². The van der Waals surface area contributed by atoms with Crippen molar-refractivity contribution >= 4 is 27.3 Å². The van der Waals surface area contributed by atoms with Crippen molar-refractivity contribution in [1.82, 2.24) is 4.98 Å². The van der Waals surface area contributed by atoms with Gasteiger partial charge in [-0.25, -0.2) is 17.8 Å². The number of sulfonamides is 1. The molecule has 152 valence electrons. The van der Waals surface area contributed by atoms with Gasteiger partial charge in [0.1, 0.15) is 11.6 Å². The van der Waals surface area contributed by atoms with E-state index in [2.05, 4.69) is 10.3 Å². The SMILES string of the molecule is CC(C)c1cnc(-c2ccc(NC(=O)c3ccc(F)c(NS(C)(=O)=O)c3)cc2)o1. The first-order valence-electron chi connectivity index (χ1n) is 8.77. The molecule has 2 aromatic carbocycles. The molecular formula is C20H20FN3O4S. The zero-order valence-corrected chi connectivity index (χ0v) is 16.9. The Balaban J connectivity index is 1.74. The summed E-state index contributed by atoms with van der Waals surface area (Å²) >= 11 is 0. The van der Waals surface area contributed by atoms with E-state index in [1.54, 1.807) is 30.5 Å². The highest BCUT2D eigenvalue weighted by molar-refractivity contribution is 7.92. The quantitative estimate of drug-likeness (QED) is 0.625. The van der Waals surface area contributed by atoms with Crippen LogP contribution in [0.5, 0.6) is 0 Å². The molecule has 0 aliphatic rings. The van der Waals surface area contributed by atoms with Gasteiger partial charge >= 0.3 is 0 Å². The smallest absolute Gasteiger partial charge is 0.255 e. The molecule has 3 aromatic rings. The molecule has 1 heterocycles. The number of nitrogens with zero attached hydrogens (tertiary/aromatic N) is 1. The number of nitrogens with one attached hydrogen (secondary N) is 2. The summed E-state index contributed by atoms with van der Waals surface area (Å²) in [4.78, 5) is 16.7. The third-order valence-corrected chi connectivity index (χ3v) is 4.60. The van der Waals surface area contributed by atoms with Crippen molar-refractivity contribution < 1.29 is 22.0 Å². The molecule has 2 N–H and O–H groups in total. The second kappa shape index (κ2) is 8.04. The van der Waals surface area contributed by atoms with Crippen LogP contribution in [0, 0.1) is 5.82 Å². The van der Waals surface area contributed by atoms with Crippen LogP contribution in [0.2, 0.25) is 0 Å². The summed E-state index contributed by atoms with van der Waals surface area (Å²) in [6.07, 6.45) is 2.59. The fourth-order valence-electron chi connectivity index (χ4n) is 2.53. The molecule has 1 aromatic heterocycles. The molecule has 0 atom stereocenters. The molecule has 29 heavy (non-hydrogen) atoms. The molecule has 9 heteroatoms. The van der Waals surface area contributed by atoms with E-state index in [4.69, 9.17) is 4.42 Å². The number of rotatable bonds is 6. The van der Waals surface area contributed by atoms with Gasteiger partial charge in [-0.15, -0.1) is 0 Å². The standard InChI is InChI=1S/C20H20FN3O4S/c1-12(2)18-11-22-20(28-18)13-4-7-15(8-5-13)23-19(25)14-6-9-16(21)17(10-14)24-29(3,26)27/h4-12,24H,1-3H3,(H,23,25). The minimum Gasteiger partial charge on any atom is -0.441 e. The summed E-state index contributed by atoms with van der Waals surface area (Å²) in [6, 6.07) is 10.3. The average molecular weight is 417 g/mol. The van der Waals surface area contributed by atoms with Crippen molar-refractivity contribution in [2.24, 2.45) is 0 Å². The van der Waals surface area contributed by atoms with Crippen LogP contribution < -0.4 is 10.0 Å². The molecule has 7 nitrogen and oxygen atoms in total. The highest BCUT2D eigenvalue weighted by atomic mass is 32.2. The number of hydrogen-bond acceptors (Lipinski definition) is 5. The topological polar surface area (TPSA) is 101 Å². The lowest BCUT2D eigenvalue weighted by molar-refractivity contribution is 0.102. The second-order valence-electron chi connectivity index (χ2n) is 6.82. The molecule has 0 saturated heterocycles. The molecule has 0 radical (unpaired) electrons. The maximum Gasteiger partial charge on any atom is 0.255 e. The molecule has 0 aliphatic heterocycles. The third kappa shape index (κ3) is 5.20. The van der Waals surface area contributed by atoms with E-state index in [1.165, 1.54) is 6.07 Å². The Morgan fingerprint density at radius 3 is 2.41 bits per heavy atom. The largest absolute Gasteiger partial charge is 0.441 e. The first kappa shape index (κ1) is 20.5. The van der Waals surface area contributed by atoms with E-state index in [-0.39, 0.29) is 17.2 Å². The number of oxazole rings is 1.